The van der Waals surface area contributed by atoms with E-state index in [1.54, 1.807) is 6.07 Å². The summed E-state index contributed by atoms with van der Waals surface area (Å²) >= 11 is 0. The lowest BCUT2D eigenvalue weighted by atomic mass is 9.92. The van der Waals surface area contributed by atoms with Gasteiger partial charge in [0.1, 0.15) is 10.5 Å². The van der Waals surface area contributed by atoms with Crippen LogP contribution >= 0.6 is 0 Å². The second kappa shape index (κ2) is 6.14. The molecule has 1 aromatic heterocycles. The van der Waals surface area contributed by atoms with Crippen LogP contribution in [0.25, 0.3) is 0 Å². The minimum absolute atomic E-state index is 0.00458. The largest absolute Gasteiger partial charge is 0.361 e. The van der Waals surface area contributed by atoms with Crippen molar-refractivity contribution in [3.63, 3.8) is 0 Å². The number of ketones is 1. The minimum Gasteiger partial charge on any atom is -0.361 e. The molecule has 0 saturated carbocycles. The molecule has 0 unspecified atom stereocenters. The molecule has 0 aliphatic heterocycles. The predicted molar refractivity (Wildman–Crippen MR) is 86.6 cm³/mol. The standard InChI is InChI=1S/C16H27NO4S/c1-11(2)10-22(19,20)16(6,7)14(18)9-12-8-13(17-21-12)15(3,4)5/h8,11H,9-10H2,1-7H3. The number of hydrogen-bond acceptors (Lipinski definition) is 5. The van der Waals surface area contributed by atoms with Gasteiger partial charge in [0, 0.05) is 11.5 Å². The molecular formula is C16H27NO4S. The van der Waals surface area contributed by atoms with Crippen molar-refractivity contribution < 1.29 is 17.7 Å². The average Bonchev–Trinajstić information content (AvgIpc) is 2.74. The third-order valence-electron chi connectivity index (χ3n) is 3.66. The Morgan fingerprint density at radius 2 is 1.77 bits per heavy atom. The molecule has 0 bridgehead atoms. The summed E-state index contributed by atoms with van der Waals surface area (Å²) in [5, 5.41) is 3.96. The summed E-state index contributed by atoms with van der Waals surface area (Å²) in [5.41, 5.74) is 0.572. The van der Waals surface area contributed by atoms with Crippen molar-refractivity contribution in [1.82, 2.24) is 5.16 Å². The SMILES string of the molecule is CC(C)CS(=O)(=O)C(C)(C)C(=O)Cc1cc(C(C)(C)C)no1. The van der Waals surface area contributed by atoms with Crippen molar-refractivity contribution in [2.75, 3.05) is 5.75 Å². The minimum atomic E-state index is -3.51. The van der Waals surface area contributed by atoms with Gasteiger partial charge in [-0.2, -0.15) is 0 Å². The van der Waals surface area contributed by atoms with Gasteiger partial charge in [0.15, 0.2) is 15.6 Å². The predicted octanol–water partition coefficient (Wildman–Crippen LogP) is 2.93. The number of aromatic nitrogens is 1. The van der Waals surface area contributed by atoms with Gasteiger partial charge in [-0.1, -0.05) is 39.8 Å². The van der Waals surface area contributed by atoms with E-state index < -0.39 is 14.6 Å². The van der Waals surface area contributed by atoms with Gasteiger partial charge in [-0.25, -0.2) is 8.42 Å². The van der Waals surface area contributed by atoms with Crippen LogP contribution < -0.4 is 0 Å². The lowest BCUT2D eigenvalue weighted by Gasteiger charge is -2.24. The first-order valence-electron chi connectivity index (χ1n) is 7.49. The van der Waals surface area contributed by atoms with Crippen molar-refractivity contribution in [1.29, 1.82) is 0 Å². The highest BCUT2D eigenvalue weighted by Crippen LogP contribution is 2.25. The first-order valence-corrected chi connectivity index (χ1v) is 9.14. The van der Waals surface area contributed by atoms with Gasteiger partial charge in [-0.15, -0.1) is 0 Å². The summed E-state index contributed by atoms with van der Waals surface area (Å²) < 4.78 is 28.5. The molecule has 0 aliphatic rings. The van der Waals surface area contributed by atoms with Crippen LogP contribution in [0.3, 0.4) is 0 Å². The second-order valence-electron chi connectivity index (χ2n) is 7.71. The molecule has 0 aromatic carbocycles. The number of rotatable bonds is 6. The normalized spacial score (nSPS) is 13.6. The summed E-state index contributed by atoms with van der Waals surface area (Å²) in [5.74, 6) is 0.0115. The lowest BCUT2D eigenvalue weighted by molar-refractivity contribution is -0.120. The van der Waals surface area contributed by atoms with E-state index in [0.29, 0.717) is 5.76 Å². The number of Topliss-reactive ketones (excluding diaryl/α,β-unsaturated/α-hetero) is 1. The zero-order chi connectivity index (χ0) is 17.3. The molecule has 0 aliphatic carbocycles. The Bertz CT molecular complexity index is 633. The number of nitrogens with zero attached hydrogens (tertiary/aromatic N) is 1. The van der Waals surface area contributed by atoms with Crippen LogP contribution in [0.2, 0.25) is 0 Å². The fourth-order valence-corrected chi connectivity index (χ4v) is 3.65. The summed E-state index contributed by atoms with van der Waals surface area (Å²) in [7, 11) is -3.51. The molecule has 0 atom stereocenters. The second-order valence-corrected chi connectivity index (χ2v) is 10.3. The van der Waals surface area contributed by atoms with Crippen LogP contribution in [0.4, 0.5) is 0 Å². The molecule has 6 heteroatoms. The van der Waals surface area contributed by atoms with Crippen LogP contribution in [-0.2, 0) is 26.5 Å². The highest BCUT2D eigenvalue weighted by Gasteiger charge is 2.41. The summed E-state index contributed by atoms with van der Waals surface area (Å²) in [6.45, 7) is 12.6. The van der Waals surface area contributed by atoms with Crippen LogP contribution in [0.5, 0.6) is 0 Å². The van der Waals surface area contributed by atoms with Crippen LogP contribution in [0.15, 0.2) is 10.6 Å². The number of carbonyl (C=O) groups is 1. The quantitative estimate of drug-likeness (QED) is 0.802. The van der Waals surface area contributed by atoms with E-state index in [1.165, 1.54) is 13.8 Å². The molecule has 0 radical (unpaired) electrons. The fraction of sp³-hybridized carbons (Fsp3) is 0.750. The van der Waals surface area contributed by atoms with E-state index in [9.17, 15) is 13.2 Å². The molecule has 0 amide bonds. The molecule has 5 nitrogen and oxygen atoms in total. The Morgan fingerprint density at radius 1 is 1.23 bits per heavy atom. The fourth-order valence-electron chi connectivity index (χ4n) is 1.94. The first-order chi connectivity index (χ1) is 9.77. The number of sulfone groups is 1. The molecule has 0 spiro atoms. The van der Waals surface area contributed by atoms with E-state index in [0.717, 1.165) is 5.69 Å². The summed E-state index contributed by atoms with van der Waals surface area (Å²) in [6, 6.07) is 1.73. The molecular weight excluding hydrogens is 302 g/mol. The molecule has 0 fully saturated rings. The van der Waals surface area contributed by atoms with Crippen molar-refractivity contribution >= 4 is 15.6 Å². The maximum Gasteiger partial charge on any atom is 0.162 e. The van der Waals surface area contributed by atoms with E-state index in [4.69, 9.17) is 4.52 Å². The van der Waals surface area contributed by atoms with Crippen LogP contribution in [0, 0.1) is 5.92 Å². The zero-order valence-electron chi connectivity index (χ0n) is 14.6. The third-order valence-corrected chi connectivity index (χ3v) is 6.55. The Kier molecular flexibility index (Phi) is 5.27. The van der Waals surface area contributed by atoms with Gasteiger partial charge in [0.05, 0.1) is 17.9 Å². The molecule has 0 N–H and O–H groups in total. The Hall–Kier alpha value is -1.17. The molecule has 1 heterocycles. The number of carbonyl (C=O) groups excluding carboxylic acids is 1. The van der Waals surface area contributed by atoms with E-state index in [2.05, 4.69) is 5.16 Å². The first kappa shape index (κ1) is 18.9. The highest BCUT2D eigenvalue weighted by molar-refractivity contribution is 7.93. The third kappa shape index (κ3) is 4.18. The zero-order valence-corrected chi connectivity index (χ0v) is 15.4. The Labute approximate surface area is 133 Å². The monoisotopic (exact) mass is 329 g/mol. The van der Waals surface area contributed by atoms with Crippen molar-refractivity contribution in [3.05, 3.63) is 17.5 Å². The molecule has 1 rings (SSSR count). The van der Waals surface area contributed by atoms with Gasteiger partial charge in [0.2, 0.25) is 0 Å². The molecule has 0 saturated heterocycles. The summed E-state index contributed by atoms with van der Waals surface area (Å²) in [4.78, 5) is 12.5. The molecule has 1 aromatic rings. The van der Waals surface area contributed by atoms with Crippen molar-refractivity contribution in [2.24, 2.45) is 5.92 Å². The smallest absolute Gasteiger partial charge is 0.162 e. The van der Waals surface area contributed by atoms with E-state index >= 15 is 0 Å². The van der Waals surface area contributed by atoms with Gasteiger partial charge >= 0.3 is 0 Å². The maximum atomic E-state index is 12.5. The van der Waals surface area contributed by atoms with Gasteiger partial charge < -0.3 is 4.52 Å². The van der Waals surface area contributed by atoms with Crippen LogP contribution in [0.1, 0.15) is 59.9 Å². The highest BCUT2D eigenvalue weighted by atomic mass is 32.2. The molecule has 126 valence electrons. The van der Waals surface area contributed by atoms with Crippen LogP contribution in [-0.4, -0.2) is 29.9 Å². The summed E-state index contributed by atoms with van der Waals surface area (Å²) in [6.07, 6.45) is -0.0621. The Balaban J connectivity index is 2.94. The van der Waals surface area contributed by atoms with Gasteiger partial charge in [0.25, 0.3) is 0 Å². The van der Waals surface area contributed by atoms with Gasteiger partial charge in [-0.05, 0) is 19.8 Å². The number of hydrogen-bond donors (Lipinski definition) is 0. The van der Waals surface area contributed by atoms with E-state index in [-0.39, 0.29) is 29.3 Å². The average molecular weight is 329 g/mol. The topological polar surface area (TPSA) is 77.2 Å². The van der Waals surface area contributed by atoms with E-state index in [1.807, 2.05) is 34.6 Å². The van der Waals surface area contributed by atoms with Gasteiger partial charge in [-0.3, -0.25) is 4.79 Å². The lowest BCUT2D eigenvalue weighted by Crippen LogP contribution is -2.43. The molecule has 22 heavy (non-hydrogen) atoms. The Morgan fingerprint density at radius 3 is 2.18 bits per heavy atom. The van der Waals surface area contributed by atoms with Crippen molar-refractivity contribution in [2.45, 2.75) is 65.0 Å². The maximum absolute atomic E-state index is 12.5. The van der Waals surface area contributed by atoms with Crippen molar-refractivity contribution in [3.8, 4) is 0 Å².